The first-order valence-electron chi connectivity index (χ1n) is 2.55. The largest absolute Gasteiger partial charge is 0.166 e. The van der Waals surface area contributed by atoms with Gasteiger partial charge in [-0.25, -0.2) is 0 Å². The van der Waals surface area contributed by atoms with E-state index in [0.717, 1.165) is 12.2 Å². The molecule has 0 aromatic rings. The first-order valence-corrected chi connectivity index (χ1v) is 3.95. The predicted molar refractivity (Wildman–Crippen MR) is 38.2 cm³/mol. The van der Waals surface area contributed by atoms with Gasteiger partial charge in [-0.15, -0.1) is 0 Å². The lowest BCUT2D eigenvalue weighted by Gasteiger charge is -2.02. The van der Waals surface area contributed by atoms with Crippen LogP contribution in [0.1, 0.15) is 13.3 Å². The predicted octanol–water partition coefficient (Wildman–Crippen LogP) is 1.72. The molecule has 0 aliphatic rings. The Kier molecular flexibility index (Phi) is 4.84. The maximum atomic E-state index is 5.56. The quantitative estimate of drug-likeness (QED) is 0.503. The minimum absolute atomic E-state index is 0.412. The van der Waals surface area contributed by atoms with E-state index >= 15 is 0 Å². The van der Waals surface area contributed by atoms with Crippen LogP contribution in [0.15, 0.2) is 0 Å². The summed E-state index contributed by atoms with van der Waals surface area (Å²) < 4.78 is 0. The van der Waals surface area contributed by atoms with Gasteiger partial charge in [0.15, 0.2) is 0 Å². The molecule has 0 spiro atoms. The van der Waals surface area contributed by atoms with E-state index < -0.39 is 0 Å². The van der Waals surface area contributed by atoms with Crippen LogP contribution < -0.4 is 0 Å². The normalized spacial score (nSPS) is 14.0. The fourth-order valence-corrected chi connectivity index (χ4v) is 0.996. The zero-order valence-electron chi connectivity index (χ0n) is 4.98. The van der Waals surface area contributed by atoms with E-state index in [2.05, 4.69) is 13.2 Å². The molecule has 7 heavy (non-hydrogen) atoms. The number of hydrogen-bond donors (Lipinski definition) is 0. The van der Waals surface area contributed by atoms with Gasteiger partial charge in [-0.1, -0.05) is 19.2 Å². The monoisotopic (exact) mass is 114 g/mol. The van der Waals surface area contributed by atoms with Crippen LogP contribution in [0.4, 0.5) is 0 Å². The van der Waals surface area contributed by atoms with Crippen molar-refractivity contribution in [2.75, 3.05) is 12.0 Å². The second kappa shape index (κ2) is 4.57. The van der Waals surface area contributed by atoms with Crippen LogP contribution in [0, 0.1) is 0 Å². The summed E-state index contributed by atoms with van der Waals surface area (Å²) in [6.07, 6.45) is 3.18. The zero-order chi connectivity index (χ0) is 5.70. The molecule has 1 unspecified atom stereocenters. The fourth-order valence-electron chi connectivity index (χ4n) is 0.332. The highest BCUT2D eigenvalue weighted by atomic mass is 32.2. The minimum Gasteiger partial charge on any atom is -0.166 e. The van der Waals surface area contributed by atoms with Crippen LogP contribution in [0.25, 0.3) is 0 Å². The topological polar surface area (TPSA) is 0 Å². The van der Waals surface area contributed by atoms with Gasteiger partial charge in [0.25, 0.3) is 0 Å². The average Bonchev–Trinajstić information content (AvgIpc) is 1.68. The highest BCUT2D eigenvalue weighted by Crippen LogP contribution is 2.09. The molecule has 40 valence electrons. The Labute approximate surface area is 51.5 Å². The Bertz CT molecular complexity index is 39.1. The molecular weight excluding hydrogens is 103 g/mol. The molecule has 0 aliphatic heterocycles. The summed E-state index contributed by atoms with van der Waals surface area (Å²) in [7, 11) is 5.56. The molecule has 0 heterocycles. The Hall–Kier alpha value is 0.415. The highest BCUT2D eigenvalue weighted by Gasteiger charge is 1.92. The second-order valence-corrected chi connectivity index (χ2v) is 2.53. The fraction of sp³-hybridized carbons (Fsp3) is 1.00. The Morgan fingerprint density at radius 3 is 2.43 bits per heavy atom. The first-order chi connectivity index (χ1) is 3.31. The van der Waals surface area contributed by atoms with Gasteiger partial charge in [-0.3, -0.25) is 0 Å². The molecule has 0 nitrogen and oxygen atoms in total. The summed E-state index contributed by atoms with van der Waals surface area (Å²) in [5.74, 6) is 1.51. The van der Waals surface area contributed by atoms with Gasteiger partial charge >= 0.3 is 0 Å². The molecule has 0 N–H and O–H groups in total. The Balaban J connectivity index is 2.83. The van der Waals surface area contributed by atoms with E-state index in [1.54, 1.807) is 0 Å². The Morgan fingerprint density at radius 2 is 2.29 bits per heavy atom. The van der Waals surface area contributed by atoms with E-state index in [9.17, 15) is 0 Å². The maximum Gasteiger partial charge on any atom is 0.0710 e. The number of rotatable bonds is 3. The molecule has 0 aliphatic carbocycles. The smallest absolute Gasteiger partial charge is 0.0710 e. The molecule has 0 aromatic heterocycles. The van der Waals surface area contributed by atoms with Crippen molar-refractivity contribution in [1.29, 1.82) is 0 Å². The van der Waals surface area contributed by atoms with Crippen LogP contribution in [0.5, 0.6) is 0 Å². The SMILES string of the molecule is [B]C(CC)CSC. The van der Waals surface area contributed by atoms with Crippen LogP contribution >= 0.6 is 11.8 Å². The summed E-state index contributed by atoms with van der Waals surface area (Å²) in [6.45, 7) is 2.11. The third-order valence-corrected chi connectivity index (χ3v) is 1.67. The highest BCUT2D eigenvalue weighted by molar-refractivity contribution is 7.98. The van der Waals surface area contributed by atoms with Crippen molar-refractivity contribution >= 4 is 19.6 Å². The van der Waals surface area contributed by atoms with Crippen molar-refractivity contribution in [2.24, 2.45) is 0 Å². The molecule has 2 radical (unpaired) electrons. The molecule has 0 aromatic carbocycles. The molecule has 0 amide bonds. The van der Waals surface area contributed by atoms with Crippen LogP contribution in [0.2, 0.25) is 5.82 Å². The van der Waals surface area contributed by atoms with Gasteiger partial charge in [-0.05, 0) is 12.0 Å². The van der Waals surface area contributed by atoms with Gasteiger partial charge in [0.05, 0.1) is 7.85 Å². The molecule has 1 atom stereocenters. The summed E-state index contributed by atoms with van der Waals surface area (Å²) in [5, 5.41) is 0. The summed E-state index contributed by atoms with van der Waals surface area (Å²) >= 11 is 1.81. The van der Waals surface area contributed by atoms with Crippen molar-refractivity contribution in [2.45, 2.75) is 19.2 Å². The van der Waals surface area contributed by atoms with E-state index in [0.29, 0.717) is 5.82 Å². The lowest BCUT2D eigenvalue weighted by Crippen LogP contribution is -1.91. The molecule has 0 rings (SSSR count). The van der Waals surface area contributed by atoms with Crippen LogP contribution in [-0.4, -0.2) is 19.9 Å². The van der Waals surface area contributed by atoms with E-state index in [1.807, 2.05) is 11.8 Å². The second-order valence-electron chi connectivity index (χ2n) is 1.62. The van der Waals surface area contributed by atoms with Crippen molar-refractivity contribution < 1.29 is 0 Å². The molecule has 0 saturated carbocycles. The van der Waals surface area contributed by atoms with Crippen molar-refractivity contribution in [1.82, 2.24) is 0 Å². The number of thioether (sulfide) groups is 1. The lowest BCUT2D eigenvalue weighted by atomic mass is 9.87. The van der Waals surface area contributed by atoms with Gasteiger partial charge in [0, 0.05) is 0 Å². The standard InChI is InChI=1S/C5H11BS/c1-3-5(6)4-7-2/h5H,3-4H2,1-2H3. The molecule has 0 fully saturated rings. The van der Waals surface area contributed by atoms with Crippen molar-refractivity contribution in [3.8, 4) is 0 Å². The zero-order valence-corrected chi connectivity index (χ0v) is 5.79. The third-order valence-electron chi connectivity index (χ3n) is 0.905. The van der Waals surface area contributed by atoms with Crippen molar-refractivity contribution in [3.05, 3.63) is 0 Å². The van der Waals surface area contributed by atoms with Gasteiger partial charge in [-0.2, -0.15) is 11.8 Å². The third kappa shape index (κ3) is 4.26. The van der Waals surface area contributed by atoms with E-state index in [-0.39, 0.29) is 0 Å². The molecule has 2 heteroatoms. The van der Waals surface area contributed by atoms with Gasteiger partial charge in [0.1, 0.15) is 0 Å². The Morgan fingerprint density at radius 1 is 1.71 bits per heavy atom. The van der Waals surface area contributed by atoms with Gasteiger partial charge in [0.2, 0.25) is 0 Å². The number of hydrogen-bond acceptors (Lipinski definition) is 1. The maximum absolute atomic E-state index is 5.56. The molecule has 0 saturated heterocycles. The van der Waals surface area contributed by atoms with E-state index in [1.165, 1.54) is 0 Å². The molecular formula is C5H11BS. The molecule has 0 bridgehead atoms. The first kappa shape index (κ1) is 7.41. The summed E-state index contributed by atoms with van der Waals surface area (Å²) in [6, 6.07) is 0. The summed E-state index contributed by atoms with van der Waals surface area (Å²) in [4.78, 5) is 0. The van der Waals surface area contributed by atoms with Crippen molar-refractivity contribution in [3.63, 3.8) is 0 Å². The van der Waals surface area contributed by atoms with Gasteiger partial charge < -0.3 is 0 Å². The lowest BCUT2D eigenvalue weighted by molar-refractivity contribution is 0.892. The van der Waals surface area contributed by atoms with Crippen LogP contribution in [0.3, 0.4) is 0 Å². The summed E-state index contributed by atoms with van der Waals surface area (Å²) in [5.41, 5.74) is 0. The van der Waals surface area contributed by atoms with Crippen LogP contribution in [-0.2, 0) is 0 Å². The minimum atomic E-state index is 0.412. The van der Waals surface area contributed by atoms with E-state index in [4.69, 9.17) is 7.85 Å². The average molecular weight is 114 g/mol.